The number of nitrogens with zero attached hydrogens (tertiary/aromatic N) is 1. The summed E-state index contributed by atoms with van der Waals surface area (Å²) in [6.07, 6.45) is 4.28. The molecular formula is C27H31FN4O4. The fraction of sp³-hybridized carbons (Fsp3) is 0.407. The zero-order chi connectivity index (χ0) is 25.3. The van der Waals surface area contributed by atoms with Crippen LogP contribution in [0.25, 0.3) is 11.3 Å². The van der Waals surface area contributed by atoms with E-state index >= 15 is 0 Å². The second kappa shape index (κ2) is 9.91. The maximum Gasteiger partial charge on any atom is 0.255 e. The third kappa shape index (κ3) is 4.81. The van der Waals surface area contributed by atoms with Crippen LogP contribution in [0.5, 0.6) is 5.75 Å². The molecule has 4 heterocycles. The van der Waals surface area contributed by atoms with E-state index in [1.165, 1.54) is 6.07 Å². The van der Waals surface area contributed by atoms with Gasteiger partial charge in [0.05, 0.1) is 42.0 Å². The van der Waals surface area contributed by atoms with Crippen molar-refractivity contribution in [1.29, 1.82) is 0 Å². The first-order valence-corrected chi connectivity index (χ1v) is 12.3. The van der Waals surface area contributed by atoms with Crippen LogP contribution in [0.15, 0.2) is 36.7 Å². The van der Waals surface area contributed by atoms with Gasteiger partial charge in [0.1, 0.15) is 24.3 Å². The molecule has 0 bridgehead atoms. The summed E-state index contributed by atoms with van der Waals surface area (Å²) in [6.45, 7) is 7.64. The van der Waals surface area contributed by atoms with Crippen molar-refractivity contribution in [3.05, 3.63) is 59.3 Å². The zero-order valence-corrected chi connectivity index (χ0v) is 20.7. The van der Waals surface area contributed by atoms with Crippen molar-refractivity contribution in [3.8, 4) is 17.0 Å². The SMILES string of the molecule is CCc1c(F)cccc1Nc1c(-c2ccncc2OC[C@@H]2COC(C)(C)CO2)[nH]c2c1C(=O)NCC2. The molecular weight excluding hydrogens is 463 g/mol. The molecule has 190 valence electrons. The van der Waals surface area contributed by atoms with Crippen molar-refractivity contribution < 1.29 is 23.4 Å². The number of fused-ring (bicyclic) bond motifs is 1. The number of pyridine rings is 1. The predicted octanol–water partition coefficient (Wildman–Crippen LogP) is 4.38. The molecule has 2 aromatic heterocycles. The minimum Gasteiger partial charge on any atom is -0.488 e. The van der Waals surface area contributed by atoms with E-state index in [4.69, 9.17) is 14.2 Å². The Morgan fingerprint density at radius 2 is 2.17 bits per heavy atom. The number of aromatic amines is 1. The molecule has 2 aliphatic rings. The van der Waals surface area contributed by atoms with Crippen molar-refractivity contribution in [2.24, 2.45) is 0 Å². The minimum absolute atomic E-state index is 0.178. The summed E-state index contributed by atoms with van der Waals surface area (Å²) in [5, 5.41) is 6.27. The molecule has 1 aromatic carbocycles. The topological polar surface area (TPSA) is 97.5 Å². The molecule has 0 saturated carbocycles. The van der Waals surface area contributed by atoms with E-state index < -0.39 is 0 Å². The van der Waals surface area contributed by atoms with E-state index in [1.54, 1.807) is 18.5 Å². The Hall–Kier alpha value is -3.43. The van der Waals surface area contributed by atoms with Gasteiger partial charge in [-0.05, 0) is 38.5 Å². The number of hydrogen-bond donors (Lipinski definition) is 3. The fourth-order valence-electron chi connectivity index (χ4n) is 4.58. The summed E-state index contributed by atoms with van der Waals surface area (Å²) >= 11 is 0. The lowest BCUT2D eigenvalue weighted by atomic mass is 10.0. The number of nitrogens with one attached hydrogen (secondary N) is 3. The predicted molar refractivity (Wildman–Crippen MR) is 134 cm³/mol. The summed E-state index contributed by atoms with van der Waals surface area (Å²) in [5.74, 6) is 0.0780. The average molecular weight is 495 g/mol. The van der Waals surface area contributed by atoms with Crippen molar-refractivity contribution in [1.82, 2.24) is 15.3 Å². The molecule has 3 aromatic rings. The highest BCUT2D eigenvalue weighted by atomic mass is 19.1. The molecule has 1 amide bonds. The minimum atomic E-state index is -0.311. The van der Waals surface area contributed by atoms with Crippen molar-refractivity contribution in [3.63, 3.8) is 0 Å². The maximum atomic E-state index is 14.5. The highest BCUT2D eigenvalue weighted by molar-refractivity contribution is 6.06. The molecule has 1 atom stereocenters. The Balaban J connectivity index is 1.50. The summed E-state index contributed by atoms with van der Waals surface area (Å²) < 4.78 is 32.4. The molecule has 8 nitrogen and oxygen atoms in total. The van der Waals surface area contributed by atoms with Gasteiger partial charge in [0.25, 0.3) is 5.91 Å². The van der Waals surface area contributed by atoms with Crippen LogP contribution in [0.1, 0.15) is 42.4 Å². The number of carbonyl (C=O) groups is 1. The molecule has 0 radical (unpaired) electrons. The largest absolute Gasteiger partial charge is 0.488 e. The van der Waals surface area contributed by atoms with Crippen LogP contribution in [0.4, 0.5) is 15.8 Å². The molecule has 9 heteroatoms. The first-order chi connectivity index (χ1) is 17.4. The number of amides is 1. The van der Waals surface area contributed by atoms with E-state index in [0.29, 0.717) is 73.2 Å². The Morgan fingerprint density at radius 1 is 1.31 bits per heavy atom. The van der Waals surface area contributed by atoms with Crippen LogP contribution in [-0.2, 0) is 22.3 Å². The van der Waals surface area contributed by atoms with Crippen molar-refractivity contribution >= 4 is 17.3 Å². The number of anilines is 2. The number of ether oxygens (including phenoxy) is 3. The highest BCUT2D eigenvalue weighted by Gasteiger charge is 2.30. The summed E-state index contributed by atoms with van der Waals surface area (Å²) in [7, 11) is 0. The second-order valence-electron chi connectivity index (χ2n) is 9.67. The van der Waals surface area contributed by atoms with Gasteiger partial charge < -0.3 is 29.8 Å². The molecule has 1 fully saturated rings. The number of halogens is 1. The van der Waals surface area contributed by atoms with Gasteiger partial charge in [0.15, 0.2) is 0 Å². The van der Waals surface area contributed by atoms with Crippen molar-refractivity contribution in [2.75, 3.05) is 31.7 Å². The number of rotatable bonds is 7. The number of carbonyl (C=O) groups excluding carboxylic acids is 1. The summed E-state index contributed by atoms with van der Waals surface area (Å²) in [5.41, 5.74) is 4.20. The first-order valence-electron chi connectivity index (χ1n) is 12.3. The van der Waals surface area contributed by atoms with Gasteiger partial charge in [-0.25, -0.2) is 4.39 Å². The number of hydrogen-bond acceptors (Lipinski definition) is 6. The van der Waals surface area contributed by atoms with Gasteiger partial charge in [-0.15, -0.1) is 0 Å². The number of benzene rings is 1. The fourth-order valence-corrected chi connectivity index (χ4v) is 4.58. The van der Waals surface area contributed by atoms with Crippen molar-refractivity contribution in [2.45, 2.75) is 45.3 Å². The van der Waals surface area contributed by atoms with Crippen LogP contribution in [0.2, 0.25) is 0 Å². The maximum absolute atomic E-state index is 14.5. The molecule has 0 unspecified atom stereocenters. The standard InChI is InChI=1S/C27H31FN4O4/c1-4-17-19(28)6-5-7-20(17)31-25-23-21(9-11-30-26(23)33)32-24(25)18-8-10-29-12-22(18)34-13-16-14-36-27(2,3)15-35-16/h5-8,10,12,16,31-32H,4,9,11,13-15H2,1-3H3,(H,30,33)/t16-/m1/s1. The van der Waals surface area contributed by atoms with Crippen LogP contribution >= 0.6 is 0 Å². The Labute approximate surface area is 209 Å². The Morgan fingerprint density at radius 3 is 2.94 bits per heavy atom. The van der Waals surface area contributed by atoms with Crippen LogP contribution < -0.4 is 15.4 Å². The Kier molecular flexibility index (Phi) is 6.68. The van der Waals surface area contributed by atoms with Gasteiger partial charge in [0, 0.05) is 41.7 Å². The van der Waals surface area contributed by atoms with Gasteiger partial charge in [-0.3, -0.25) is 9.78 Å². The smallest absolute Gasteiger partial charge is 0.255 e. The van der Waals surface area contributed by atoms with Crippen LogP contribution in [0, 0.1) is 5.82 Å². The lowest BCUT2D eigenvalue weighted by Gasteiger charge is -2.34. The van der Waals surface area contributed by atoms with E-state index in [-0.39, 0.29) is 23.4 Å². The summed E-state index contributed by atoms with van der Waals surface area (Å²) in [4.78, 5) is 20.6. The second-order valence-corrected chi connectivity index (χ2v) is 9.67. The van der Waals surface area contributed by atoms with Gasteiger partial charge in [-0.1, -0.05) is 13.0 Å². The zero-order valence-electron chi connectivity index (χ0n) is 20.7. The average Bonchev–Trinajstić information content (AvgIpc) is 3.23. The van der Waals surface area contributed by atoms with Crippen LogP contribution in [0.3, 0.4) is 0 Å². The molecule has 1 saturated heterocycles. The molecule has 3 N–H and O–H groups in total. The third-order valence-corrected chi connectivity index (χ3v) is 6.50. The van der Waals surface area contributed by atoms with Crippen LogP contribution in [-0.4, -0.2) is 53.9 Å². The molecule has 0 spiro atoms. The molecule has 36 heavy (non-hydrogen) atoms. The van der Waals surface area contributed by atoms with Gasteiger partial charge in [0.2, 0.25) is 0 Å². The highest BCUT2D eigenvalue weighted by Crippen LogP contribution is 2.41. The van der Waals surface area contributed by atoms with E-state index in [1.807, 2.05) is 32.9 Å². The quantitative estimate of drug-likeness (QED) is 0.451. The lowest BCUT2D eigenvalue weighted by Crippen LogP contribution is -2.44. The Bertz CT molecular complexity index is 1260. The van der Waals surface area contributed by atoms with Gasteiger partial charge >= 0.3 is 0 Å². The van der Waals surface area contributed by atoms with Gasteiger partial charge in [-0.2, -0.15) is 0 Å². The number of H-pyrrole nitrogens is 1. The van der Waals surface area contributed by atoms with E-state index in [2.05, 4.69) is 20.6 Å². The monoisotopic (exact) mass is 494 g/mol. The first kappa shape index (κ1) is 24.3. The molecule has 0 aliphatic carbocycles. The van der Waals surface area contributed by atoms with E-state index in [9.17, 15) is 9.18 Å². The lowest BCUT2D eigenvalue weighted by molar-refractivity contribution is -0.181. The summed E-state index contributed by atoms with van der Waals surface area (Å²) in [6, 6.07) is 6.75. The normalized spacial score (nSPS) is 18.9. The third-order valence-electron chi connectivity index (χ3n) is 6.50. The molecule has 5 rings (SSSR count). The number of aromatic nitrogens is 2. The van der Waals surface area contributed by atoms with E-state index in [0.717, 1.165) is 11.3 Å². The molecule has 2 aliphatic heterocycles.